The standard InChI is InChI=1S/C21H18N8/c1-15-10-17(7-9-23-15)24-12-18-14-28(27-26-18)19-2-4-20(5-3-19)29-21-13-22-8-6-16(21)11-25-29/h2-11,13-14H,12H2,1H3,(H,23,24). The molecule has 0 saturated heterocycles. The SMILES string of the molecule is Cc1cc(NCc2cn(-c3ccc(-n4ncc5ccncc54)cc3)nn2)ccn1. The highest BCUT2D eigenvalue weighted by Gasteiger charge is 2.07. The maximum absolute atomic E-state index is 4.46. The van der Waals surface area contributed by atoms with Gasteiger partial charge in [-0.3, -0.25) is 9.97 Å². The fraction of sp³-hybridized carbons (Fsp3) is 0.0952. The molecule has 29 heavy (non-hydrogen) atoms. The Morgan fingerprint density at radius 2 is 1.83 bits per heavy atom. The minimum atomic E-state index is 0.591. The lowest BCUT2D eigenvalue weighted by Gasteiger charge is -2.05. The van der Waals surface area contributed by atoms with Gasteiger partial charge in [0.05, 0.1) is 42.0 Å². The Hall–Kier alpha value is -4.07. The average molecular weight is 382 g/mol. The van der Waals surface area contributed by atoms with Gasteiger partial charge in [0.2, 0.25) is 0 Å². The van der Waals surface area contributed by atoms with Crippen LogP contribution in [-0.2, 0) is 6.54 Å². The molecule has 0 atom stereocenters. The molecule has 5 aromatic rings. The molecule has 1 aromatic carbocycles. The second kappa shape index (κ2) is 7.16. The minimum absolute atomic E-state index is 0.591. The number of nitrogens with zero attached hydrogens (tertiary/aromatic N) is 7. The van der Waals surface area contributed by atoms with E-state index in [-0.39, 0.29) is 0 Å². The lowest BCUT2D eigenvalue weighted by Crippen LogP contribution is -2.00. The number of nitrogens with one attached hydrogen (secondary N) is 1. The van der Waals surface area contributed by atoms with Gasteiger partial charge in [0.25, 0.3) is 0 Å². The normalized spacial score (nSPS) is 11.1. The Kier molecular flexibility index (Phi) is 4.21. The van der Waals surface area contributed by atoms with Crippen LogP contribution in [0, 0.1) is 6.92 Å². The van der Waals surface area contributed by atoms with Crippen LogP contribution in [0.15, 0.2) is 73.4 Å². The van der Waals surface area contributed by atoms with Crippen molar-refractivity contribution in [3.8, 4) is 11.4 Å². The van der Waals surface area contributed by atoms with E-state index in [1.54, 1.807) is 17.1 Å². The van der Waals surface area contributed by atoms with E-state index in [9.17, 15) is 0 Å². The summed E-state index contributed by atoms with van der Waals surface area (Å²) >= 11 is 0. The van der Waals surface area contributed by atoms with E-state index < -0.39 is 0 Å². The highest BCUT2D eigenvalue weighted by Crippen LogP contribution is 2.18. The zero-order valence-corrected chi connectivity index (χ0v) is 15.8. The van der Waals surface area contributed by atoms with Crippen LogP contribution < -0.4 is 5.32 Å². The molecule has 0 amide bonds. The van der Waals surface area contributed by atoms with Crippen LogP contribution in [0.3, 0.4) is 0 Å². The van der Waals surface area contributed by atoms with Crippen LogP contribution in [0.25, 0.3) is 22.3 Å². The van der Waals surface area contributed by atoms with Gasteiger partial charge in [0.15, 0.2) is 0 Å². The van der Waals surface area contributed by atoms with Crippen molar-refractivity contribution in [2.75, 3.05) is 5.32 Å². The molecule has 0 saturated carbocycles. The predicted molar refractivity (Wildman–Crippen MR) is 110 cm³/mol. The fourth-order valence-electron chi connectivity index (χ4n) is 3.17. The molecule has 5 rings (SSSR count). The topological polar surface area (TPSA) is 86.3 Å². The molecule has 0 spiro atoms. The zero-order chi connectivity index (χ0) is 19.6. The van der Waals surface area contributed by atoms with Gasteiger partial charge in [-0.2, -0.15) is 5.10 Å². The van der Waals surface area contributed by atoms with Gasteiger partial charge in [-0.25, -0.2) is 9.36 Å². The number of aryl methyl sites for hydroxylation is 1. The number of rotatable bonds is 5. The monoisotopic (exact) mass is 382 g/mol. The smallest absolute Gasteiger partial charge is 0.102 e. The summed E-state index contributed by atoms with van der Waals surface area (Å²) in [6.07, 6.45) is 9.13. The van der Waals surface area contributed by atoms with Crippen molar-refractivity contribution in [1.29, 1.82) is 0 Å². The van der Waals surface area contributed by atoms with E-state index in [2.05, 4.69) is 30.7 Å². The maximum atomic E-state index is 4.46. The molecular weight excluding hydrogens is 364 g/mol. The maximum Gasteiger partial charge on any atom is 0.102 e. The lowest BCUT2D eigenvalue weighted by molar-refractivity contribution is 0.797. The van der Waals surface area contributed by atoms with Crippen molar-refractivity contribution < 1.29 is 0 Å². The number of aromatic nitrogens is 7. The Balaban J connectivity index is 1.33. The van der Waals surface area contributed by atoms with Gasteiger partial charge in [-0.15, -0.1) is 5.10 Å². The molecule has 4 heterocycles. The highest BCUT2D eigenvalue weighted by molar-refractivity contribution is 5.79. The van der Waals surface area contributed by atoms with Crippen LogP contribution in [0.1, 0.15) is 11.4 Å². The first kappa shape index (κ1) is 17.1. The van der Waals surface area contributed by atoms with Crippen molar-refractivity contribution in [2.45, 2.75) is 13.5 Å². The summed E-state index contributed by atoms with van der Waals surface area (Å²) in [5, 5.41) is 17.3. The molecule has 0 unspecified atom stereocenters. The van der Waals surface area contributed by atoms with E-state index in [4.69, 9.17) is 0 Å². The molecule has 0 radical (unpaired) electrons. The summed E-state index contributed by atoms with van der Waals surface area (Å²) in [6.45, 7) is 2.56. The molecule has 0 aliphatic rings. The third-order valence-corrected chi connectivity index (χ3v) is 4.64. The van der Waals surface area contributed by atoms with Crippen LogP contribution in [0.5, 0.6) is 0 Å². The van der Waals surface area contributed by atoms with E-state index in [0.29, 0.717) is 6.54 Å². The molecule has 8 nitrogen and oxygen atoms in total. The number of hydrogen-bond donors (Lipinski definition) is 1. The lowest BCUT2D eigenvalue weighted by atomic mass is 10.2. The van der Waals surface area contributed by atoms with Crippen molar-refractivity contribution in [3.05, 3.63) is 84.8 Å². The molecular formula is C21H18N8. The third kappa shape index (κ3) is 3.43. The summed E-state index contributed by atoms with van der Waals surface area (Å²) < 4.78 is 3.64. The number of benzene rings is 1. The average Bonchev–Trinajstić information content (AvgIpc) is 3.40. The van der Waals surface area contributed by atoms with E-state index >= 15 is 0 Å². The summed E-state index contributed by atoms with van der Waals surface area (Å²) in [5.41, 5.74) is 5.71. The molecule has 1 N–H and O–H groups in total. The van der Waals surface area contributed by atoms with Crippen molar-refractivity contribution in [2.24, 2.45) is 0 Å². The highest BCUT2D eigenvalue weighted by atomic mass is 15.4. The third-order valence-electron chi connectivity index (χ3n) is 4.64. The van der Waals surface area contributed by atoms with Crippen LogP contribution in [0.2, 0.25) is 0 Å². The molecule has 0 aliphatic carbocycles. The van der Waals surface area contributed by atoms with Crippen molar-refractivity contribution in [3.63, 3.8) is 0 Å². The number of pyridine rings is 2. The Bertz CT molecular complexity index is 1270. The van der Waals surface area contributed by atoms with E-state index in [1.807, 2.05) is 72.7 Å². The van der Waals surface area contributed by atoms with Gasteiger partial charge >= 0.3 is 0 Å². The molecule has 4 aromatic heterocycles. The first-order valence-corrected chi connectivity index (χ1v) is 9.22. The second-order valence-corrected chi connectivity index (χ2v) is 6.70. The van der Waals surface area contributed by atoms with Gasteiger partial charge in [-0.05, 0) is 49.4 Å². The number of anilines is 1. The van der Waals surface area contributed by atoms with Gasteiger partial charge in [-0.1, -0.05) is 5.21 Å². The molecule has 142 valence electrons. The number of fused-ring (bicyclic) bond motifs is 1. The summed E-state index contributed by atoms with van der Waals surface area (Å²) in [7, 11) is 0. The first-order valence-electron chi connectivity index (χ1n) is 9.22. The predicted octanol–water partition coefficient (Wildman–Crippen LogP) is 3.32. The summed E-state index contributed by atoms with van der Waals surface area (Å²) in [4.78, 5) is 8.39. The second-order valence-electron chi connectivity index (χ2n) is 6.70. The van der Waals surface area contributed by atoms with Crippen molar-refractivity contribution in [1.82, 2.24) is 34.7 Å². The van der Waals surface area contributed by atoms with Gasteiger partial charge in [0.1, 0.15) is 5.69 Å². The van der Waals surface area contributed by atoms with Crippen LogP contribution in [-0.4, -0.2) is 34.7 Å². The van der Waals surface area contributed by atoms with Gasteiger partial charge < -0.3 is 5.32 Å². The quantitative estimate of drug-likeness (QED) is 0.502. The Morgan fingerprint density at radius 1 is 0.966 bits per heavy atom. The molecule has 0 fully saturated rings. The van der Waals surface area contributed by atoms with Gasteiger partial charge in [0, 0.05) is 29.2 Å². The fourth-order valence-corrected chi connectivity index (χ4v) is 3.17. The van der Waals surface area contributed by atoms with Crippen LogP contribution in [0.4, 0.5) is 5.69 Å². The van der Waals surface area contributed by atoms with E-state index in [1.165, 1.54) is 0 Å². The Labute approximate surface area is 166 Å². The molecule has 0 aliphatic heterocycles. The van der Waals surface area contributed by atoms with Crippen LogP contribution >= 0.6 is 0 Å². The number of hydrogen-bond acceptors (Lipinski definition) is 6. The largest absolute Gasteiger partial charge is 0.379 e. The van der Waals surface area contributed by atoms with E-state index in [0.717, 1.165) is 39.4 Å². The molecule has 8 heteroatoms. The first-order chi connectivity index (χ1) is 14.3. The zero-order valence-electron chi connectivity index (χ0n) is 15.8. The minimum Gasteiger partial charge on any atom is -0.379 e. The Morgan fingerprint density at radius 3 is 2.69 bits per heavy atom. The molecule has 0 bridgehead atoms. The summed E-state index contributed by atoms with van der Waals surface area (Å²) in [5.74, 6) is 0. The van der Waals surface area contributed by atoms with Crippen molar-refractivity contribution >= 4 is 16.6 Å². The summed E-state index contributed by atoms with van der Waals surface area (Å²) in [6, 6.07) is 13.9.